The number of aryl methyl sites for hydroxylation is 1. The standard InChI is InChI=1S/C24H27N3O5S2/c1-18-8-5-6-9-20(18)17-27(34(4,31)32)22-14-12-19(13-15-22)24(28)25-21-10-7-11-23(16-21)26(2)33(3,29)30/h5-16H,17H2,1-4H3,(H,25,28). The third-order valence-electron chi connectivity index (χ3n) is 5.36. The Kier molecular flexibility index (Phi) is 7.32. The monoisotopic (exact) mass is 501 g/mol. The Hall–Kier alpha value is -3.37. The van der Waals surface area contributed by atoms with Crippen LogP contribution in [0.25, 0.3) is 0 Å². The lowest BCUT2D eigenvalue weighted by molar-refractivity contribution is 0.102. The molecule has 0 aliphatic rings. The van der Waals surface area contributed by atoms with Gasteiger partial charge in [0.1, 0.15) is 0 Å². The molecule has 10 heteroatoms. The van der Waals surface area contributed by atoms with Crippen molar-refractivity contribution >= 4 is 43.0 Å². The molecule has 0 saturated heterocycles. The van der Waals surface area contributed by atoms with Gasteiger partial charge in [-0.05, 0) is 60.5 Å². The maximum absolute atomic E-state index is 12.7. The first-order chi connectivity index (χ1) is 15.9. The largest absolute Gasteiger partial charge is 0.322 e. The molecule has 1 N–H and O–H groups in total. The smallest absolute Gasteiger partial charge is 0.255 e. The van der Waals surface area contributed by atoms with Crippen LogP contribution < -0.4 is 13.9 Å². The fraction of sp³-hybridized carbons (Fsp3) is 0.208. The molecule has 1 amide bonds. The zero-order valence-corrected chi connectivity index (χ0v) is 21.0. The number of nitrogens with zero attached hydrogens (tertiary/aromatic N) is 2. The van der Waals surface area contributed by atoms with Crippen molar-refractivity contribution in [1.82, 2.24) is 0 Å². The van der Waals surface area contributed by atoms with Crippen LogP contribution in [0.4, 0.5) is 17.1 Å². The number of carbonyl (C=O) groups is 1. The first-order valence-corrected chi connectivity index (χ1v) is 14.0. The lowest BCUT2D eigenvalue weighted by atomic mass is 10.1. The minimum absolute atomic E-state index is 0.178. The van der Waals surface area contributed by atoms with Gasteiger partial charge in [-0.15, -0.1) is 0 Å². The molecule has 180 valence electrons. The molecule has 0 radical (unpaired) electrons. The second-order valence-electron chi connectivity index (χ2n) is 7.98. The number of anilines is 3. The van der Waals surface area contributed by atoms with Crippen molar-refractivity contribution in [1.29, 1.82) is 0 Å². The van der Waals surface area contributed by atoms with E-state index in [1.165, 1.54) is 11.4 Å². The van der Waals surface area contributed by atoms with E-state index in [1.807, 2.05) is 31.2 Å². The molecule has 8 nitrogen and oxygen atoms in total. The van der Waals surface area contributed by atoms with Gasteiger partial charge in [0.05, 0.1) is 30.4 Å². The first kappa shape index (κ1) is 25.3. The van der Waals surface area contributed by atoms with E-state index in [0.717, 1.165) is 27.9 Å². The molecule has 0 saturated carbocycles. The van der Waals surface area contributed by atoms with Crippen LogP contribution in [0.2, 0.25) is 0 Å². The van der Waals surface area contributed by atoms with Crippen LogP contribution in [0.15, 0.2) is 72.8 Å². The van der Waals surface area contributed by atoms with Crippen LogP contribution >= 0.6 is 0 Å². The van der Waals surface area contributed by atoms with Crippen molar-refractivity contribution in [2.24, 2.45) is 0 Å². The maximum atomic E-state index is 12.7. The number of benzene rings is 3. The number of carbonyl (C=O) groups excluding carboxylic acids is 1. The average molecular weight is 502 g/mol. The van der Waals surface area contributed by atoms with Crippen LogP contribution in [0, 0.1) is 6.92 Å². The van der Waals surface area contributed by atoms with Crippen molar-refractivity contribution in [3.8, 4) is 0 Å². The average Bonchev–Trinajstić information content (AvgIpc) is 2.77. The number of rotatable bonds is 8. The molecule has 3 aromatic carbocycles. The van der Waals surface area contributed by atoms with Gasteiger partial charge in [0.15, 0.2) is 0 Å². The predicted molar refractivity (Wildman–Crippen MR) is 136 cm³/mol. The van der Waals surface area contributed by atoms with Crippen LogP contribution in [0.1, 0.15) is 21.5 Å². The molecule has 0 unspecified atom stereocenters. The van der Waals surface area contributed by atoms with Crippen molar-refractivity contribution in [3.63, 3.8) is 0 Å². The quantitative estimate of drug-likeness (QED) is 0.508. The zero-order valence-electron chi connectivity index (χ0n) is 19.4. The Morgan fingerprint density at radius 2 is 1.47 bits per heavy atom. The molecule has 0 fully saturated rings. The number of amides is 1. The lowest BCUT2D eigenvalue weighted by Gasteiger charge is -2.23. The highest BCUT2D eigenvalue weighted by molar-refractivity contribution is 7.92. The second kappa shape index (κ2) is 9.86. The summed E-state index contributed by atoms with van der Waals surface area (Å²) in [6.07, 6.45) is 2.24. The fourth-order valence-electron chi connectivity index (χ4n) is 3.30. The van der Waals surface area contributed by atoms with Gasteiger partial charge in [0.25, 0.3) is 5.91 Å². The molecule has 0 aliphatic carbocycles. The van der Waals surface area contributed by atoms with E-state index in [-0.39, 0.29) is 6.54 Å². The SMILES string of the molecule is Cc1ccccc1CN(c1ccc(C(=O)Nc2cccc(N(C)S(C)(=O)=O)c2)cc1)S(C)(=O)=O. The highest BCUT2D eigenvalue weighted by atomic mass is 32.2. The van der Waals surface area contributed by atoms with Gasteiger partial charge < -0.3 is 5.32 Å². The van der Waals surface area contributed by atoms with Gasteiger partial charge in [-0.25, -0.2) is 16.8 Å². The molecule has 3 rings (SSSR count). The van der Waals surface area contributed by atoms with Crippen LogP contribution in [-0.2, 0) is 26.6 Å². The molecule has 0 bridgehead atoms. The highest BCUT2D eigenvalue weighted by Gasteiger charge is 2.19. The van der Waals surface area contributed by atoms with E-state index in [0.29, 0.717) is 22.6 Å². The predicted octanol–water partition coefficient (Wildman–Crippen LogP) is 3.61. The van der Waals surface area contributed by atoms with Gasteiger partial charge in [-0.1, -0.05) is 30.3 Å². The molecule has 0 heterocycles. The number of hydrogen-bond acceptors (Lipinski definition) is 5. The Bertz CT molecular complexity index is 1400. The molecule has 34 heavy (non-hydrogen) atoms. The summed E-state index contributed by atoms with van der Waals surface area (Å²) in [6.45, 7) is 2.10. The minimum atomic E-state index is -3.56. The molecular formula is C24H27N3O5S2. The van der Waals surface area contributed by atoms with E-state index >= 15 is 0 Å². The van der Waals surface area contributed by atoms with Crippen molar-refractivity contribution in [2.45, 2.75) is 13.5 Å². The Balaban J connectivity index is 1.80. The summed E-state index contributed by atoms with van der Waals surface area (Å²) in [4.78, 5) is 12.7. The third-order valence-corrected chi connectivity index (χ3v) is 7.70. The summed E-state index contributed by atoms with van der Waals surface area (Å²) in [5.74, 6) is -0.407. The van der Waals surface area contributed by atoms with Crippen LogP contribution in [0.3, 0.4) is 0 Å². The molecular weight excluding hydrogens is 474 g/mol. The van der Waals surface area contributed by atoms with E-state index < -0.39 is 26.0 Å². The fourth-order valence-corrected chi connectivity index (χ4v) is 4.67. The summed E-state index contributed by atoms with van der Waals surface area (Å²) in [5, 5.41) is 2.74. The van der Waals surface area contributed by atoms with Gasteiger partial charge in [-0.3, -0.25) is 13.4 Å². The molecule has 0 spiro atoms. The molecule has 0 aliphatic heterocycles. The normalized spacial score (nSPS) is 11.6. The number of sulfonamides is 2. The number of hydrogen-bond donors (Lipinski definition) is 1. The summed E-state index contributed by atoms with van der Waals surface area (Å²) in [6, 6.07) is 20.3. The van der Waals surface area contributed by atoms with Crippen LogP contribution in [0.5, 0.6) is 0 Å². The zero-order chi connectivity index (χ0) is 25.1. The van der Waals surface area contributed by atoms with Crippen LogP contribution in [-0.4, -0.2) is 42.3 Å². The lowest BCUT2D eigenvalue weighted by Crippen LogP contribution is -2.29. The second-order valence-corrected chi connectivity index (χ2v) is 11.9. The first-order valence-electron chi connectivity index (χ1n) is 10.3. The van der Waals surface area contributed by atoms with Crippen molar-refractivity contribution in [3.05, 3.63) is 89.5 Å². The topological polar surface area (TPSA) is 104 Å². The molecule has 0 atom stereocenters. The Morgan fingerprint density at radius 1 is 0.824 bits per heavy atom. The summed E-state index contributed by atoms with van der Waals surface area (Å²) in [7, 11) is -5.57. The minimum Gasteiger partial charge on any atom is -0.322 e. The van der Waals surface area contributed by atoms with Gasteiger partial charge in [0, 0.05) is 18.3 Å². The summed E-state index contributed by atoms with van der Waals surface area (Å²) < 4.78 is 50.9. The molecule has 3 aromatic rings. The Morgan fingerprint density at radius 3 is 2.06 bits per heavy atom. The highest BCUT2D eigenvalue weighted by Crippen LogP contribution is 2.24. The van der Waals surface area contributed by atoms with Gasteiger partial charge in [-0.2, -0.15) is 0 Å². The number of nitrogens with one attached hydrogen (secondary N) is 1. The third kappa shape index (κ3) is 6.15. The van der Waals surface area contributed by atoms with Crippen molar-refractivity contribution in [2.75, 3.05) is 33.5 Å². The van der Waals surface area contributed by atoms with E-state index in [2.05, 4.69) is 5.32 Å². The van der Waals surface area contributed by atoms with Gasteiger partial charge >= 0.3 is 0 Å². The van der Waals surface area contributed by atoms with E-state index in [1.54, 1.807) is 48.5 Å². The maximum Gasteiger partial charge on any atom is 0.255 e. The summed E-state index contributed by atoms with van der Waals surface area (Å²) >= 11 is 0. The summed E-state index contributed by atoms with van der Waals surface area (Å²) in [5.41, 5.74) is 3.48. The van der Waals surface area contributed by atoms with E-state index in [4.69, 9.17) is 0 Å². The Labute approximate surface area is 200 Å². The van der Waals surface area contributed by atoms with E-state index in [9.17, 15) is 21.6 Å². The molecule has 0 aromatic heterocycles. The van der Waals surface area contributed by atoms with Gasteiger partial charge in [0.2, 0.25) is 20.0 Å². The van der Waals surface area contributed by atoms with Crippen molar-refractivity contribution < 1.29 is 21.6 Å².